The summed E-state index contributed by atoms with van der Waals surface area (Å²) in [6.07, 6.45) is 1.80. The van der Waals surface area contributed by atoms with Crippen molar-refractivity contribution in [2.45, 2.75) is 0 Å². The number of nitrogens with zero attached hydrogens (tertiary/aromatic N) is 2. The lowest BCUT2D eigenvalue weighted by molar-refractivity contribution is 1.26. The highest BCUT2D eigenvalue weighted by Crippen LogP contribution is 2.31. The van der Waals surface area contributed by atoms with Gasteiger partial charge in [-0.15, -0.1) is 0 Å². The Morgan fingerprint density at radius 1 is 1.00 bits per heavy atom. The molecule has 0 aliphatic heterocycles. The molecule has 0 N–H and O–H groups in total. The first-order valence-electron chi connectivity index (χ1n) is 5.99. The van der Waals surface area contributed by atoms with Crippen molar-refractivity contribution in [1.82, 2.24) is 4.40 Å². The van der Waals surface area contributed by atoms with Crippen molar-refractivity contribution in [3.05, 3.63) is 64.4 Å². The Balaban J connectivity index is 2.48. The first kappa shape index (κ1) is 10.1. The third kappa shape index (κ3) is 1.18. The highest BCUT2D eigenvalue weighted by molar-refractivity contribution is 6.14. The fraction of sp³-hybridized carbons (Fsp3) is 0. The summed E-state index contributed by atoms with van der Waals surface area (Å²) in [6.45, 7) is 0. The number of benzene rings is 2. The number of para-hydroxylation sites is 1. The van der Waals surface area contributed by atoms with Crippen LogP contribution in [0.4, 0.5) is 0 Å². The molecular formula is C16H8N2O. The predicted molar refractivity (Wildman–Crippen MR) is 74.6 cm³/mol. The Kier molecular flexibility index (Phi) is 1.77. The summed E-state index contributed by atoms with van der Waals surface area (Å²) >= 11 is 0. The fourth-order valence-corrected chi connectivity index (χ4v) is 2.77. The number of hydrogen-bond donors (Lipinski definition) is 0. The molecule has 2 aromatic carbocycles. The van der Waals surface area contributed by atoms with E-state index in [0.29, 0.717) is 10.9 Å². The number of pyridine rings is 1. The summed E-state index contributed by atoms with van der Waals surface area (Å²) in [6, 6.07) is 15.2. The Bertz CT molecular complexity index is 1040. The average molecular weight is 244 g/mol. The molecule has 0 radical (unpaired) electrons. The third-order valence-corrected chi connectivity index (χ3v) is 3.57. The minimum Gasteiger partial charge on any atom is -0.315 e. The van der Waals surface area contributed by atoms with Crippen LogP contribution >= 0.6 is 0 Å². The number of fused-ring (bicyclic) bond motifs is 3. The molecule has 0 unspecified atom stereocenters. The van der Waals surface area contributed by atoms with E-state index in [4.69, 9.17) is 5.26 Å². The molecular weight excluding hydrogens is 236 g/mol. The van der Waals surface area contributed by atoms with E-state index in [9.17, 15) is 4.79 Å². The Morgan fingerprint density at radius 2 is 1.79 bits per heavy atom. The molecule has 0 saturated heterocycles. The zero-order chi connectivity index (χ0) is 13.0. The minimum absolute atomic E-state index is 0.0441. The van der Waals surface area contributed by atoms with Gasteiger partial charge in [-0.05, 0) is 18.2 Å². The van der Waals surface area contributed by atoms with Gasteiger partial charge in [0.15, 0.2) is 5.43 Å². The standard InChI is InChI=1S/C16H8N2O/c17-9-10-7-12-11-3-1-2-4-14(11)18-6-5-15(19)13(8-10)16(12)18/h1-8H. The average Bonchev–Trinajstić information content (AvgIpc) is 2.78. The lowest BCUT2D eigenvalue weighted by Gasteiger charge is -2.00. The molecule has 4 rings (SSSR count). The quantitative estimate of drug-likeness (QED) is 0.477. The maximum absolute atomic E-state index is 12.0. The molecule has 0 atom stereocenters. The molecule has 0 bridgehead atoms. The summed E-state index contributed by atoms with van der Waals surface area (Å²) in [4.78, 5) is 12.0. The number of nitriles is 1. The Hall–Kier alpha value is -2.86. The van der Waals surface area contributed by atoms with Crippen molar-refractivity contribution in [1.29, 1.82) is 5.26 Å². The van der Waals surface area contributed by atoms with Gasteiger partial charge in [-0.1, -0.05) is 18.2 Å². The van der Waals surface area contributed by atoms with E-state index in [1.165, 1.54) is 0 Å². The highest BCUT2D eigenvalue weighted by Gasteiger charge is 2.13. The minimum atomic E-state index is -0.0441. The van der Waals surface area contributed by atoms with Crippen LogP contribution in [0.3, 0.4) is 0 Å². The zero-order valence-electron chi connectivity index (χ0n) is 9.92. The van der Waals surface area contributed by atoms with Crippen molar-refractivity contribution in [2.24, 2.45) is 0 Å². The van der Waals surface area contributed by atoms with Gasteiger partial charge in [0, 0.05) is 28.4 Å². The Morgan fingerprint density at radius 3 is 2.63 bits per heavy atom. The second kappa shape index (κ2) is 3.33. The van der Waals surface area contributed by atoms with Gasteiger partial charge < -0.3 is 4.40 Å². The summed E-state index contributed by atoms with van der Waals surface area (Å²) in [5, 5.41) is 11.7. The summed E-state index contributed by atoms with van der Waals surface area (Å²) in [5.41, 5.74) is 2.43. The molecule has 3 heteroatoms. The van der Waals surface area contributed by atoms with E-state index in [0.717, 1.165) is 21.8 Å². The Labute approximate surface area is 108 Å². The van der Waals surface area contributed by atoms with Crippen molar-refractivity contribution in [3.8, 4) is 6.07 Å². The van der Waals surface area contributed by atoms with Gasteiger partial charge in [-0.25, -0.2) is 0 Å². The lowest BCUT2D eigenvalue weighted by atomic mass is 10.1. The van der Waals surface area contributed by atoms with E-state index < -0.39 is 0 Å². The van der Waals surface area contributed by atoms with Crippen LogP contribution < -0.4 is 5.43 Å². The van der Waals surface area contributed by atoms with Gasteiger partial charge in [-0.2, -0.15) is 5.26 Å². The van der Waals surface area contributed by atoms with Crippen LogP contribution in [0.25, 0.3) is 27.2 Å². The first-order chi connectivity index (χ1) is 9.29. The number of hydrogen-bond acceptors (Lipinski definition) is 2. The van der Waals surface area contributed by atoms with Gasteiger partial charge >= 0.3 is 0 Å². The van der Waals surface area contributed by atoms with E-state index in [-0.39, 0.29) is 5.43 Å². The molecule has 0 saturated carbocycles. The largest absolute Gasteiger partial charge is 0.315 e. The monoisotopic (exact) mass is 244 g/mol. The molecule has 0 aliphatic carbocycles. The van der Waals surface area contributed by atoms with Gasteiger partial charge in [-0.3, -0.25) is 4.79 Å². The van der Waals surface area contributed by atoms with E-state index in [1.807, 2.05) is 34.7 Å². The molecule has 19 heavy (non-hydrogen) atoms. The number of aromatic nitrogens is 1. The molecule has 0 amide bonds. The fourth-order valence-electron chi connectivity index (χ4n) is 2.77. The van der Waals surface area contributed by atoms with Crippen LogP contribution in [-0.4, -0.2) is 4.40 Å². The van der Waals surface area contributed by atoms with Crippen LogP contribution in [0.5, 0.6) is 0 Å². The molecule has 3 nitrogen and oxygen atoms in total. The summed E-state index contributed by atoms with van der Waals surface area (Å²) in [5.74, 6) is 0. The van der Waals surface area contributed by atoms with Crippen LogP contribution in [0.15, 0.2) is 53.5 Å². The maximum Gasteiger partial charge on any atom is 0.189 e. The lowest BCUT2D eigenvalue weighted by Crippen LogP contribution is -2.02. The highest BCUT2D eigenvalue weighted by atomic mass is 16.1. The van der Waals surface area contributed by atoms with Crippen LogP contribution in [0, 0.1) is 11.3 Å². The zero-order valence-corrected chi connectivity index (χ0v) is 9.92. The van der Waals surface area contributed by atoms with Crippen molar-refractivity contribution in [3.63, 3.8) is 0 Å². The van der Waals surface area contributed by atoms with E-state index >= 15 is 0 Å². The summed E-state index contributed by atoms with van der Waals surface area (Å²) in [7, 11) is 0. The molecule has 88 valence electrons. The molecule has 0 aliphatic rings. The summed E-state index contributed by atoms with van der Waals surface area (Å²) < 4.78 is 2.02. The van der Waals surface area contributed by atoms with Gasteiger partial charge in [0.2, 0.25) is 0 Å². The maximum atomic E-state index is 12.0. The topological polar surface area (TPSA) is 45.3 Å². The SMILES string of the molecule is N#Cc1cc2c(=O)ccn3c4ccccc4c(c1)c23. The molecule has 2 aromatic heterocycles. The van der Waals surface area contributed by atoms with Crippen LogP contribution in [0.1, 0.15) is 5.56 Å². The first-order valence-corrected chi connectivity index (χ1v) is 5.99. The van der Waals surface area contributed by atoms with Crippen LogP contribution in [0.2, 0.25) is 0 Å². The molecule has 2 heterocycles. The van der Waals surface area contributed by atoms with Gasteiger partial charge in [0.25, 0.3) is 0 Å². The van der Waals surface area contributed by atoms with Crippen molar-refractivity contribution >= 4 is 27.2 Å². The second-order valence-electron chi connectivity index (χ2n) is 4.60. The smallest absolute Gasteiger partial charge is 0.189 e. The van der Waals surface area contributed by atoms with Gasteiger partial charge in [0.1, 0.15) is 0 Å². The van der Waals surface area contributed by atoms with Crippen molar-refractivity contribution < 1.29 is 0 Å². The van der Waals surface area contributed by atoms with E-state index in [2.05, 4.69) is 6.07 Å². The predicted octanol–water partition coefficient (Wildman–Crippen LogP) is 2.92. The van der Waals surface area contributed by atoms with Crippen molar-refractivity contribution in [2.75, 3.05) is 0 Å². The molecule has 4 aromatic rings. The third-order valence-electron chi connectivity index (χ3n) is 3.57. The van der Waals surface area contributed by atoms with Crippen LogP contribution in [-0.2, 0) is 0 Å². The number of rotatable bonds is 0. The van der Waals surface area contributed by atoms with E-state index in [1.54, 1.807) is 18.3 Å². The normalized spacial score (nSPS) is 11.3. The molecule has 0 fully saturated rings. The second-order valence-corrected chi connectivity index (χ2v) is 4.60. The molecule has 0 spiro atoms. The van der Waals surface area contributed by atoms with Gasteiger partial charge in [0.05, 0.1) is 22.7 Å².